The van der Waals surface area contributed by atoms with Crippen molar-refractivity contribution in [1.82, 2.24) is 4.90 Å². The predicted molar refractivity (Wildman–Crippen MR) is 97.9 cm³/mol. The number of carbonyl (C=O) groups is 1. The fourth-order valence-electron chi connectivity index (χ4n) is 2.89. The smallest absolute Gasteiger partial charge is 0.254 e. The van der Waals surface area contributed by atoms with Gasteiger partial charge in [0.15, 0.2) is 0 Å². The van der Waals surface area contributed by atoms with E-state index in [2.05, 4.69) is 24.0 Å². The molecule has 5 heteroatoms. The Labute approximate surface area is 146 Å². The van der Waals surface area contributed by atoms with E-state index in [1.807, 2.05) is 28.5 Å². The topological polar surface area (TPSA) is 23.6 Å². The molecule has 3 nitrogen and oxygen atoms in total. The number of benzene rings is 1. The Morgan fingerprint density at radius 3 is 2.70 bits per heavy atom. The highest BCUT2D eigenvalue weighted by Gasteiger charge is 2.23. The van der Waals surface area contributed by atoms with Gasteiger partial charge < -0.3 is 9.80 Å². The molecule has 1 fully saturated rings. The summed E-state index contributed by atoms with van der Waals surface area (Å²) in [5, 5.41) is 2.75. The number of amides is 1. The minimum Gasteiger partial charge on any atom is -0.368 e. The van der Waals surface area contributed by atoms with E-state index < -0.39 is 0 Å². The Morgan fingerprint density at radius 2 is 2.00 bits per heavy atom. The monoisotopic (exact) mass is 348 g/mol. The third-order valence-electron chi connectivity index (χ3n) is 4.14. The van der Waals surface area contributed by atoms with Crippen molar-refractivity contribution in [1.29, 1.82) is 0 Å². The molecule has 1 aliphatic heterocycles. The van der Waals surface area contributed by atoms with E-state index in [-0.39, 0.29) is 5.91 Å². The van der Waals surface area contributed by atoms with Crippen LogP contribution in [0.4, 0.5) is 5.69 Å². The fourth-order valence-corrected chi connectivity index (χ4v) is 4.04. The van der Waals surface area contributed by atoms with Gasteiger partial charge in [0.05, 0.1) is 5.56 Å². The Kier molecular flexibility index (Phi) is 5.23. The molecule has 0 unspecified atom stereocenters. The Bertz CT molecular complexity index is 677. The van der Waals surface area contributed by atoms with Gasteiger partial charge in [-0.2, -0.15) is 0 Å². The fraction of sp³-hybridized carbons (Fsp3) is 0.389. The van der Waals surface area contributed by atoms with Crippen molar-refractivity contribution in [2.24, 2.45) is 0 Å². The number of aryl methyl sites for hydroxylation is 1. The molecule has 1 aromatic heterocycles. The van der Waals surface area contributed by atoms with E-state index in [0.717, 1.165) is 55.3 Å². The molecule has 0 N–H and O–H groups in total. The highest BCUT2D eigenvalue weighted by Crippen LogP contribution is 2.22. The van der Waals surface area contributed by atoms with E-state index in [9.17, 15) is 4.79 Å². The zero-order valence-electron chi connectivity index (χ0n) is 13.3. The SMILES string of the molecule is CCCc1cc(C(=O)N2CCN(c3cccc(Cl)c3)CC2)cs1. The van der Waals surface area contributed by atoms with Crippen molar-refractivity contribution in [2.75, 3.05) is 31.1 Å². The van der Waals surface area contributed by atoms with E-state index in [1.54, 1.807) is 11.3 Å². The average molecular weight is 349 g/mol. The number of anilines is 1. The van der Waals surface area contributed by atoms with E-state index in [1.165, 1.54) is 4.88 Å². The van der Waals surface area contributed by atoms with Gasteiger partial charge in [0.25, 0.3) is 5.91 Å². The first-order valence-electron chi connectivity index (χ1n) is 8.04. The molecule has 0 spiro atoms. The molecule has 122 valence electrons. The Balaban J connectivity index is 1.60. The van der Waals surface area contributed by atoms with Crippen LogP contribution >= 0.6 is 22.9 Å². The Morgan fingerprint density at radius 1 is 1.22 bits per heavy atom. The van der Waals surface area contributed by atoms with Gasteiger partial charge >= 0.3 is 0 Å². The highest BCUT2D eigenvalue weighted by molar-refractivity contribution is 7.10. The molecule has 1 amide bonds. The highest BCUT2D eigenvalue weighted by atomic mass is 35.5. The molecule has 0 atom stereocenters. The van der Waals surface area contributed by atoms with E-state index in [4.69, 9.17) is 11.6 Å². The third kappa shape index (κ3) is 3.88. The maximum atomic E-state index is 12.6. The van der Waals surface area contributed by atoms with Crippen molar-refractivity contribution >= 4 is 34.5 Å². The normalized spacial score (nSPS) is 15.0. The summed E-state index contributed by atoms with van der Waals surface area (Å²) in [7, 11) is 0. The van der Waals surface area contributed by atoms with Crippen LogP contribution in [0.5, 0.6) is 0 Å². The van der Waals surface area contributed by atoms with Crippen LogP contribution in [0.15, 0.2) is 35.7 Å². The summed E-state index contributed by atoms with van der Waals surface area (Å²) >= 11 is 7.75. The van der Waals surface area contributed by atoms with Gasteiger partial charge in [-0.25, -0.2) is 0 Å². The van der Waals surface area contributed by atoms with Gasteiger partial charge in [0.2, 0.25) is 0 Å². The minimum atomic E-state index is 0.161. The number of thiophene rings is 1. The van der Waals surface area contributed by atoms with Crippen molar-refractivity contribution in [3.8, 4) is 0 Å². The first-order chi connectivity index (χ1) is 11.2. The summed E-state index contributed by atoms with van der Waals surface area (Å²) in [5.41, 5.74) is 1.97. The zero-order chi connectivity index (χ0) is 16.2. The van der Waals surface area contributed by atoms with Crippen molar-refractivity contribution in [3.63, 3.8) is 0 Å². The molecule has 0 bridgehead atoms. The molecular formula is C18H21ClN2OS. The number of hydrogen-bond donors (Lipinski definition) is 0. The summed E-state index contributed by atoms with van der Waals surface area (Å²) in [6, 6.07) is 9.96. The lowest BCUT2D eigenvalue weighted by Gasteiger charge is -2.36. The van der Waals surface area contributed by atoms with Gasteiger partial charge in [0.1, 0.15) is 0 Å². The molecule has 2 heterocycles. The van der Waals surface area contributed by atoms with Crippen LogP contribution < -0.4 is 4.90 Å². The lowest BCUT2D eigenvalue weighted by molar-refractivity contribution is 0.0747. The van der Waals surface area contributed by atoms with E-state index >= 15 is 0 Å². The Hall–Kier alpha value is -1.52. The maximum absolute atomic E-state index is 12.6. The number of piperazine rings is 1. The second-order valence-corrected chi connectivity index (χ2v) is 7.24. The second-order valence-electron chi connectivity index (χ2n) is 5.81. The molecule has 0 saturated carbocycles. The number of rotatable bonds is 4. The van der Waals surface area contributed by atoms with Crippen molar-refractivity contribution in [2.45, 2.75) is 19.8 Å². The summed E-state index contributed by atoms with van der Waals surface area (Å²) in [5.74, 6) is 0.161. The molecule has 1 aliphatic rings. The first-order valence-corrected chi connectivity index (χ1v) is 9.30. The number of halogens is 1. The van der Waals surface area contributed by atoms with Gasteiger partial charge in [-0.1, -0.05) is 31.0 Å². The van der Waals surface area contributed by atoms with Crippen LogP contribution in [-0.2, 0) is 6.42 Å². The van der Waals surface area contributed by atoms with Crippen LogP contribution in [0.3, 0.4) is 0 Å². The maximum Gasteiger partial charge on any atom is 0.254 e. The summed E-state index contributed by atoms with van der Waals surface area (Å²) in [6.07, 6.45) is 2.17. The van der Waals surface area contributed by atoms with Gasteiger partial charge in [-0.3, -0.25) is 4.79 Å². The average Bonchev–Trinajstić information content (AvgIpc) is 3.03. The lowest BCUT2D eigenvalue weighted by Crippen LogP contribution is -2.48. The van der Waals surface area contributed by atoms with Crippen molar-refractivity contribution in [3.05, 3.63) is 51.2 Å². The molecular weight excluding hydrogens is 328 g/mol. The van der Waals surface area contributed by atoms with Gasteiger partial charge in [0, 0.05) is 47.1 Å². The summed E-state index contributed by atoms with van der Waals surface area (Å²) in [6.45, 7) is 5.36. The largest absolute Gasteiger partial charge is 0.368 e. The molecule has 1 aromatic carbocycles. The molecule has 1 saturated heterocycles. The summed E-state index contributed by atoms with van der Waals surface area (Å²) < 4.78 is 0. The third-order valence-corrected chi connectivity index (χ3v) is 5.37. The minimum absolute atomic E-state index is 0.161. The number of nitrogens with zero attached hydrogens (tertiary/aromatic N) is 2. The van der Waals surface area contributed by atoms with Crippen LogP contribution in [0.1, 0.15) is 28.6 Å². The van der Waals surface area contributed by atoms with Crippen LogP contribution in [0.25, 0.3) is 0 Å². The summed E-state index contributed by atoms with van der Waals surface area (Å²) in [4.78, 5) is 18.1. The lowest BCUT2D eigenvalue weighted by atomic mass is 10.2. The van der Waals surface area contributed by atoms with Gasteiger partial charge in [-0.15, -0.1) is 11.3 Å². The second kappa shape index (κ2) is 7.37. The standard InChI is InChI=1S/C18H21ClN2OS/c1-2-4-17-11-14(13-23-17)18(22)21-9-7-20(8-10-21)16-6-3-5-15(19)12-16/h3,5-6,11-13H,2,4,7-10H2,1H3. The molecule has 23 heavy (non-hydrogen) atoms. The van der Waals surface area contributed by atoms with E-state index in [0.29, 0.717) is 0 Å². The quantitative estimate of drug-likeness (QED) is 0.821. The first kappa shape index (κ1) is 16.3. The predicted octanol–water partition coefficient (Wildman–Crippen LogP) is 4.32. The number of carbonyl (C=O) groups excluding carboxylic acids is 1. The van der Waals surface area contributed by atoms with Crippen LogP contribution in [-0.4, -0.2) is 37.0 Å². The van der Waals surface area contributed by atoms with Crippen LogP contribution in [0, 0.1) is 0 Å². The van der Waals surface area contributed by atoms with Gasteiger partial charge in [-0.05, 0) is 30.7 Å². The van der Waals surface area contributed by atoms with Crippen molar-refractivity contribution < 1.29 is 4.79 Å². The zero-order valence-corrected chi connectivity index (χ0v) is 14.9. The molecule has 0 aliphatic carbocycles. The molecule has 2 aromatic rings. The molecule has 3 rings (SSSR count). The molecule has 0 radical (unpaired) electrons. The number of hydrogen-bond acceptors (Lipinski definition) is 3. The van der Waals surface area contributed by atoms with Crippen LogP contribution in [0.2, 0.25) is 5.02 Å².